The number of carboxylic acid groups (broad SMARTS) is 1. The van der Waals surface area contributed by atoms with Gasteiger partial charge in [0.05, 0.1) is 13.5 Å². The molecule has 0 spiro atoms. The smallest absolute Gasteiger partial charge is 0.305 e. The zero-order chi connectivity index (χ0) is 14.4. The summed E-state index contributed by atoms with van der Waals surface area (Å²) in [5, 5.41) is 18.3. The number of methoxy groups -OCH3 is 1. The molecule has 19 heavy (non-hydrogen) atoms. The van der Waals surface area contributed by atoms with Crippen LogP contribution >= 0.6 is 0 Å². The number of phenolic OH excluding ortho intramolecular Hbond substituents is 1. The molecule has 1 aromatic rings. The highest BCUT2D eigenvalue weighted by Gasteiger charge is 2.16. The molecule has 0 radical (unpaired) electrons. The average Bonchev–Trinajstić information content (AvgIpc) is 2.38. The van der Waals surface area contributed by atoms with Crippen LogP contribution in [-0.4, -0.2) is 47.2 Å². The molecule has 0 atom stereocenters. The zero-order valence-corrected chi connectivity index (χ0v) is 10.9. The van der Waals surface area contributed by atoms with Crippen LogP contribution in [0, 0.1) is 0 Å². The molecule has 0 aliphatic rings. The van der Waals surface area contributed by atoms with Gasteiger partial charge < -0.3 is 19.8 Å². The van der Waals surface area contributed by atoms with E-state index in [2.05, 4.69) is 0 Å². The fourth-order valence-corrected chi connectivity index (χ4v) is 1.64. The topological polar surface area (TPSA) is 87.1 Å². The van der Waals surface area contributed by atoms with Crippen molar-refractivity contribution in [2.75, 3.05) is 20.2 Å². The van der Waals surface area contributed by atoms with Crippen LogP contribution in [0.1, 0.15) is 23.7 Å². The first kappa shape index (κ1) is 14.8. The number of carbonyl (C=O) groups excluding carboxylic acids is 1. The van der Waals surface area contributed by atoms with E-state index in [0.717, 1.165) is 0 Å². The number of nitrogens with zero attached hydrogens (tertiary/aromatic N) is 1. The molecule has 0 aromatic heterocycles. The van der Waals surface area contributed by atoms with Gasteiger partial charge in [-0.3, -0.25) is 9.59 Å². The first-order chi connectivity index (χ1) is 8.99. The molecule has 0 aliphatic carbocycles. The van der Waals surface area contributed by atoms with Crippen LogP contribution in [0.25, 0.3) is 0 Å². The molecule has 1 amide bonds. The first-order valence-electron chi connectivity index (χ1n) is 5.87. The van der Waals surface area contributed by atoms with Crippen LogP contribution in [0.5, 0.6) is 11.5 Å². The summed E-state index contributed by atoms with van der Waals surface area (Å²) in [7, 11) is 1.42. The van der Waals surface area contributed by atoms with Crippen molar-refractivity contribution in [1.29, 1.82) is 0 Å². The van der Waals surface area contributed by atoms with Gasteiger partial charge in [-0.25, -0.2) is 0 Å². The Bertz CT molecular complexity index is 472. The number of rotatable bonds is 6. The third-order valence-corrected chi connectivity index (χ3v) is 2.69. The number of hydrogen-bond acceptors (Lipinski definition) is 4. The third kappa shape index (κ3) is 3.87. The number of hydrogen-bond donors (Lipinski definition) is 2. The summed E-state index contributed by atoms with van der Waals surface area (Å²) in [5.41, 5.74) is 0.297. The summed E-state index contributed by atoms with van der Waals surface area (Å²) in [5.74, 6) is -1.11. The van der Waals surface area contributed by atoms with Crippen LogP contribution in [0.15, 0.2) is 18.2 Å². The highest BCUT2D eigenvalue weighted by molar-refractivity contribution is 5.95. The molecule has 0 aliphatic heterocycles. The molecule has 104 valence electrons. The first-order valence-corrected chi connectivity index (χ1v) is 5.87. The van der Waals surface area contributed by atoms with Crippen molar-refractivity contribution in [2.45, 2.75) is 13.3 Å². The van der Waals surface area contributed by atoms with E-state index >= 15 is 0 Å². The summed E-state index contributed by atoms with van der Waals surface area (Å²) in [6.07, 6.45) is -0.109. The minimum Gasteiger partial charge on any atom is -0.504 e. The van der Waals surface area contributed by atoms with Crippen LogP contribution in [0.4, 0.5) is 0 Å². The molecule has 0 saturated heterocycles. The van der Waals surface area contributed by atoms with Crippen LogP contribution in [0.2, 0.25) is 0 Å². The fourth-order valence-electron chi connectivity index (χ4n) is 1.64. The highest BCUT2D eigenvalue weighted by atomic mass is 16.5. The SMILES string of the molecule is CCN(CCC(=O)O)C(=O)c1ccc(OC)c(O)c1. The van der Waals surface area contributed by atoms with E-state index in [1.807, 2.05) is 0 Å². The molecule has 0 heterocycles. The largest absolute Gasteiger partial charge is 0.504 e. The zero-order valence-electron chi connectivity index (χ0n) is 10.9. The maximum absolute atomic E-state index is 12.1. The third-order valence-electron chi connectivity index (χ3n) is 2.69. The van der Waals surface area contributed by atoms with Gasteiger partial charge in [0.2, 0.25) is 0 Å². The van der Waals surface area contributed by atoms with Crippen LogP contribution in [-0.2, 0) is 4.79 Å². The molecule has 0 bridgehead atoms. The molecule has 6 heteroatoms. The number of carbonyl (C=O) groups is 2. The maximum Gasteiger partial charge on any atom is 0.305 e. The molecule has 1 rings (SSSR count). The summed E-state index contributed by atoms with van der Waals surface area (Å²) in [4.78, 5) is 24.1. The van der Waals surface area contributed by atoms with Crippen LogP contribution < -0.4 is 4.74 Å². The minimum atomic E-state index is -0.955. The average molecular weight is 267 g/mol. The molecular formula is C13H17NO5. The fraction of sp³-hybridized carbons (Fsp3) is 0.385. The van der Waals surface area contributed by atoms with Gasteiger partial charge in [0.25, 0.3) is 5.91 Å². The van der Waals surface area contributed by atoms with E-state index in [-0.39, 0.29) is 30.4 Å². The van der Waals surface area contributed by atoms with E-state index in [4.69, 9.17) is 9.84 Å². The van der Waals surface area contributed by atoms with Gasteiger partial charge in [0, 0.05) is 18.7 Å². The second kappa shape index (κ2) is 6.63. The Kier molecular flexibility index (Phi) is 5.17. The molecule has 0 fully saturated rings. The van der Waals surface area contributed by atoms with E-state index in [1.165, 1.54) is 30.2 Å². The second-order valence-corrected chi connectivity index (χ2v) is 3.92. The minimum absolute atomic E-state index is 0.109. The molecule has 6 nitrogen and oxygen atoms in total. The predicted molar refractivity (Wildman–Crippen MR) is 68.5 cm³/mol. The molecular weight excluding hydrogens is 250 g/mol. The molecule has 2 N–H and O–H groups in total. The lowest BCUT2D eigenvalue weighted by Gasteiger charge is -2.20. The maximum atomic E-state index is 12.1. The number of carboxylic acids is 1. The van der Waals surface area contributed by atoms with E-state index in [9.17, 15) is 14.7 Å². The Morgan fingerprint density at radius 3 is 2.53 bits per heavy atom. The number of aromatic hydroxyl groups is 1. The van der Waals surface area contributed by atoms with Gasteiger partial charge in [-0.2, -0.15) is 0 Å². The lowest BCUT2D eigenvalue weighted by molar-refractivity contribution is -0.137. The summed E-state index contributed by atoms with van der Waals surface area (Å²) in [6, 6.07) is 4.34. The van der Waals surface area contributed by atoms with E-state index in [1.54, 1.807) is 6.92 Å². The highest BCUT2D eigenvalue weighted by Crippen LogP contribution is 2.26. The van der Waals surface area contributed by atoms with Gasteiger partial charge in [-0.05, 0) is 25.1 Å². The summed E-state index contributed by atoms with van der Waals surface area (Å²) < 4.78 is 4.89. The van der Waals surface area contributed by atoms with Gasteiger partial charge in [0.1, 0.15) is 0 Å². The lowest BCUT2D eigenvalue weighted by Crippen LogP contribution is -2.32. The predicted octanol–water partition coefficient (Wildman–Crippen LogP) is 1.34. The van der Waals surface area contributed by atoms with Crippen molar-refractivity contribution >= 4 is 11.9 Å². The van der Waals surface area contributed by atoms with Gasteiger partial charge >= 0.3 is 5.97 Å². The Hall–Kier alpha value is -2.24. The van der Waals surface area contributed by atoms with Crippen molar-refractivity contribution in [3.05, 3.63) is 23.8 Å². The molecule has 0 unspecified atom stereocenters. The van der Waals surface area contributed by atoms with E-state index in [0.29, 0.717) is 12.1 Å². The number of ether oxygens (including phenoxy) is 1. The van der Waals surface area contributed by atoms with Crippen molar-refractivity contribution in [2.24, 2.45) is 0 Å². The summed E-state index contributed by atoms with van der Waals surface area (Å²) >= 11 is 0. The monoisotopic (exact) mass is 267 g/mol. The lowest BCUT2D eigenvalue weighted by atomic mass is 10.1. The van der Waals surface area contributed by atoms with Gasteiger partial charge in [0.15, 0.2) is 11.5 Å². The second-order valence-electron chi connectivity index (χ2n) is 3.92. The van der Waals surface area contributed by atoms with E-state index < -0.39 is 5.97 Å². The number of phenols is 1. The van der Waals surface area contributed by atoms with Gasteiger partial charge in [-0.1, -0.05) is 0 Å². The number of amides is 1. The van der Waals surface area contributed by atoms with Crippen molar-refractivity contribution in [3.8, 4) is 11.5 Å². The standard InChI is InChI=1S/C13H17NO5/c1-3-14(7-6-12(16)17)13(18)9-4-5-11(19-2)10(15)8-9/h4-5,8,15H,3,6-7H2,1-2H3,(H,16,17). The van der Waals surface area contributed by atoms with Crippen molar-refractivity contribution in [3.63, 3.8) is 0 Å². The van der Waals surface area contributed by atoms with Crippen molar-refractivity contribution in [1.82, 2.24) is 4.90 Å². The van der Waals surface area contributed by atoms with Gasteiger partial charge in [-0.15, -0.1) is 0 Å². The number of benzene rings is 1. The Labute approximate surface area is 111 Å². The summed E-state index contributed by atoms with van der Waals surface area (Å²) in [6.45, 7) is 2.31. The Morgan fingerprint density at radius 1 is 1.37 bits per heavy atom. The Balaban J connectivity index is 2.85. The number of aliphatic carboxylic acids is 1. The normalized spacial score (nSPS) is 10.0. The molecule has 1 aromatic carbocycles. The van der Waals surface area contributed by atoms with Crippen molar-refractivity contribution < 1.29 is 24.5 Å². The van der Waals surface area contributed by atoms with Crippen LogP contribution in [0.3, 0.4) is 0 Å². The quantitative estimate of drug-likeness (QED) is 0.812. The molecule has 0 saturated carbocycles. The Morgan fingerprint density at radius 2 is 2.05 bits per heavy atom.